The maximum Gasteiger partial charge on any atom is 0.260 e. The number of hydrogen-bond acceptors (Lipinski definition) is 7. The molecule has 1 fully saturated rings. The van der Waals surface area contributed by atoms with Crippen molar-refractivity contribution in [2.45, 2.75) is 26.3 Å². The van der Waals surface area contributed by atoms with Crippen LogP contribution in [0.1, 0.15) is 19.1 Å². The van der Waals surface area contributed by atoms with Crippen LogP contribution in [0.5, 0.6) is 17.2 Å². The van der Waals surface area contributed by atoms with E-state index in [4.69, 9.17) is 13.9 Å². The summed E-state index contributed by atoms with van der Waals surface area (Å²) in [7, 11) is -3.09. The van der Waals surface area contributed by atoms with Crippen molar-refractivity contribution in [3.8, 4) is 17.2 Å². The number of nitrogens with zero attached hydrogens (tertiary/aromatic N) is 1. The first-order chi connectivity index (χ1) is 15.8. The van der Waals surface area contributed by atoms with Crippen LogP contribution in [-0.4, -0.2) is 49.9 Å². The number of hydrogen-bond donors (Lipinski definition) is 0. The van der Waals surface area contributed by atoms with Crippen LogP contribution in [0.2, 0.25) is 0 Å². The van der Waals surface area contributed by atoms with Gasteiger partial charge in [0.1, 0.15) is 22.8 Å². The molecule has 33 heavy (non-hydrogen) atoms. The van der Waals surface area contributed by atoms with Crippen molar-refractivity contribution < 1.29 is 27.1 Å². The second-order valence-corrected chi connectivity index (χ2v) is 10.1. The minimum absolute atomic E-state index is 0.0135. The van der Waals surface area contributed by atoms with Crippen molar-refractivity contribution in [2.24, 2.45) is 0 Å². The van der Waals surface area contributed by atoms with Gasteiger partial charge < -0.3 is 18.8 Å². The normalized spacial score (nSPS) is 17.1. The van der Waals surface area contributed by atoms with Crippen molar-refractivity contribution in [2.75, 3.05) is 24.7 Å². The van der Waals surface area contributed by atoms with Gasteiger partial charge >= 0.3 is 0 Å². The molecule has 1 amide bonds. The summed E-state index contributed by atoms with van der Waals surface area (Å²) in [6.07, 6.45) is 0.440. The molecule has 0 bridgehead atoms. The van der Waals surface area contributed by atoms with E-state index in [0.717, 1.165) is 0 Å². The van der Waals surface area contributed by atoms with Crippen LogP contribution < -0.4 is 14.9 Å². The van der Waals surface area contributed by atoms with Gasteiger partial charge in [0.25, 0.3) is 5.91 Å². The molecule has 2 heterocycles. The van der Waals surface area contributed by atoms with Gasteiger partial charge in [-0.05, 0) is 44.5 Å². The summed E-state index contributed by atoms with van der Waals surface area (Å²) in [5.41, 5.74) is 0.0110. The minimum atomic E-state index is -3.09. The Morgan fingerprint density at radius 1 is 1.15 bits per heavy atom. The largest absolute Gasteiger partial charge is 0.484 e. The van der Waals surface area contributed by atoms with E-state index in [0.29, 0.717) is 41.2 Å². The molecule has 0 N–H and O–H groups in total. The molecule has 0 aliphatic carbocycles. The number of aryl methyl sites for hydroxylation is 1. The molecule has 8 nitrogen and oxygen atoms in total. The lowest BCUT2D eigenvalue weighted by Gasteiger charge is -2.26. The van der Waals surface area contributed by atoms with E-state index in [-0.39, 0.29) is 41.2 Å². The van der Waals surface area contributed by atoms with Gasteiger partial charge in [0, 0.05) is 18.7 Å². The van der Waals surface area contributed by atoms with Crippen molar-refractivity contribution in [3.63, 3.8) is 0 Å². The summed E-state index contributed by atoms with van der Waals surface area (Å²) in [6.45, 7) is 3.61. The number of likely N-dealkylation sites (N-methyl/N-ethyl adjacent to an activating group) is 1. The van der Waals surface area contributed by atoms with Crippen LogP contribution in [0.25, 0.3) is 11.0 Å². The molecular weight excluding hydrogens is 446 g/mol. The molecule has 3 aromatic rings. The maximum atomic E-state index is 12.9. The van der Waals surface area contributed by atoms with Crippen molar-refractivity contribution >= 4 is 26.7 Å². The number of carbonyl (C=O) groups is 1. The van der Waals surface area contributed by atoms with E-state index in [1.165, 1.54) is 0 Å². The summed E-state index contributed by atoms with van der Waals surface area (Å²) in [6, 6.07) is 13.4. The molecule has 9 heteroatoms. The predicted molar refractivity (Wildman–Crippen MR) is 124 cm³/mol. The molecule has 1 aliphatic rings. The molecule has 1 saturated heterocycles. The van der Waals surface area contributed by atoms with Crippen molar-refractivity contribution in [1.29, 1.82) is 0 Å². The minimum Gasteiger partial charge on any atom is -0.484 e. The SMILES string of the molecule is CCN(C(=O)COc1ccc2c(=O)c(Oc3ccccc3)c(C)oc2c1)[C@H]1CCS(=O)(=O)C1. The fourth-order valence-electron chi connectivity index (χ4n) is 3.97. The Hall–Kier alpha value is -3.33. The third kappa shape index (κ3) is 5.03. The number of carbonyl (C=O) groups excluding carboxylic acids is 1. The van der Waals surface area contributed by atoms with Gasteiger partial charge in [-0.3, -0.25) is 9.59 Å². The number of sulfone groups is 1. The van der Waals surface area contributed by atoms with E-state index >= 15 is 0 Å². The van der Waals surface area contributed by atoms with Crippen LogP contribution in [0.4, 0.5) is 0 Å². The number of amides is 1. The zero-order valence-corrected chi connectivity index (χ0v) is 19.3. The van der Waals surface area contributed by atoms with Gasteiger partial charge in [0.15, 0.2) is 16.4 Å². The number of rotatable bonds is 7. The number of benzene rings is 2. The van der Waals surface area contributed by atoms with E-state index in [1.807, 2.05) is 25.1 Å². The number of para-hydroxylation sites is 1. The Morgan fingerprint density at radius 2 is 1.91 bits per heavy atom. The quantitative estimate of drug-likeness (QED) is 0.521. The van der Waals surface area contributed by atoms with E-state index in [9.17, 15) is 18.0 Å². The molecule has 1 aliphatic heterocycles. The smallest absolute Gasteiger partial charge is 0.260 e. The average Bonchev–Trinajstić information content (AvgIpc) is 3.15. The molecule has 4 rings (SSSR count). The third-order valence-corrected chi connectivity index (χ3v) is 7.37. The van der Waals surface area contributed by atoms with Gasteiger partial charge in [0.2, 0.25) is 11.2 Å². The van der Waals surface area contributed by atoms with Crippen LogP contribution in [-0.2, 0) is 14.6 Å². The maximum absolute atomic E-state index is 12.9. The van der Waals surface area contributed by atoms with Gasteiger partial charge in [-0.1, -0.05) is 18.2 Å². The standard InChI is InChI=1S/C24H25NO7S/c1-3-25(17-11-12-33(28,29)15-17)22(26)14-30-19-9-10-20-21(13-19)31-16(2)24(23(20)27)32-18-7-5-4-6-8-18/h4-10,13,17H,3,11-12,14-15H2,1-2H3/t17-/m0/s1. The zero-order valence-electron chi connectivity index (χ0n) is 18.4. The van der Waals surface area contributed by atoms with Crippen LogP contribution in [0, 0.1) is 6.92 Å². The van der Waals surface area contributed by atoms with Crippen molar-refractivity contribution in [3.05, 3.63) is 64.5 Å². The van der Waals surface area contributed by atoms with E-state index < -0.39 is 9.84 Å². The van der Waals surface area contributed by atoms with Crippen LogP contribution in [0.3, 0.4) is 0 Å². The molecule has 0 saturated carbocycles. The summed E-state index contributed by atoms with van der Waals surface area (Å²) in [5.74, 6) is 1.13. The Morgan fingerprint density at radius 3 is 2.58 bits per heavy atom. The first-order valence-electron chi connectivity index (χ1n) is 10.7. The average molecular weight is 472 g/mol. The molecule has 0 spiro atoms. The molecule has 0 radical (unpaired) electrons. The lowest BCUT2D eigenvalue weighted by atomic mass is 10.2. The molecular formula is C24H25NO7S. The topological polar surface area (TPSA) is 103 Å². The summed E-state index contributed by atoms with van der Waals surface area (Å²) in [5, 5.41) is 0.330. The summed E-state index contributed by atoms with van der Waals surface area (Å²) >= 11 is 0. The van der Waals surface area contributed by atoms with Gasteiger partial charge in [-0.25, -0.2) is 8.42 Å². The van der Waals surface area contributed by atoms with Gasteiger partial charge in [-0.2, -0.15) is 0 Å². The highest BCUT2D eigenvalue weighted by Crippen LogP contribution is 2.27. The Bertz CT molecular complexity index is 1330. The Labute approximate surface area is 191 Å². The fourth-order valence-corrected chi connectivity index (χ4v) is 5.70. The first kappa shape index (κ1) is 22.8. The monoisotopic (exact) mass is 471 g/mol. The molecule has 2 aromatic carbocycles. The van der Waals surface area contributed by atoms with E-state index in [2.05, 4.69) is 0 Å². The summed E-state index contributed by atoms with van der Waals surface area (Å²) in [4.78, 5) is 27.1. The number of fused-ring (bicyclic) bond motifs is 1. The van der Waals surface area contributed by atoms with Crippen LogP contribution in [0.15, 0.2) is 57.7 Å². The predicted octanol–water partition coefficient (Wildman–Crippen LogP) is 3.31. The molecule has 0 unspecified atom stereocenters. The lowest BCUT2D eigenvalue weighted by Crippen LogP contribution is -2.43. The number of ether oxygens (including phenoxy) is 2. The van der Waals surface area contributed by atoms with Gasteiger partial charge in [-0.15, -0.1) is 0 Å². The molecule has 1 atom stereocenters. The Kier molecular flexibility index (Phi) is 6.42. The summed E-state index contributed by atoms with van der Waals surface area (Å²) < 4.78 is 40.7. The highest BCUT2D eigenvalue weighted by Gasteiger charge is 2.34. The third-order valence-electron chi connectivity index (χ3n) is 5.62. The fraction of sp³-hybridized carbons (Fsp3) is 0.333. The Balaban J connectivity index is 1.49. The second-order valence-electron chi connectivity index (χ2n) is 7.91. The molecule has 174 valence electrons. The zero-order chi connectivity index (χ0) is 23.6. The van der Waals surface area contributed by atoms with Crippen molar-refractivity contribution in [1.82, 2.24) is 4.90 Å². The first-order valence-corrected chi connectivity index (χ1v) is 12.5. The second kappa shape index (κ2) is 9.27. The van der Waals surface area contributed by atoms with Gasteiger partial charge in [0.05, 0.1) is 16.9 Å². The van der Waals surface area contributed by atoms with E-state index in [1.54, 1.807) is 42.2 Å². The molecule has 1 aromatic heterocycles. The highest BCUT2D eigenvalue weighted by atomic mass is 32.2. The lowest BCUT2D eigenvalue weighted by molar-refractivity contribution is -0.135. The van der Waals surface area contributed by atoms with Crippen LogP contribution >= 0.6 is 0 Å². The highest BCUT2D eigenvalue weighted by molar-refractivity contribution is 7.91.